The molecule has 0 radical (unpaired) electrons. The van der Waals surface area contributed by atoms with Crippen molar-refractivity contribution >= 4 is 23.1 Å². The normalized spacial score (nSPS) is 18.9. The zero-order chi connectivity index (χ0) is 22.8. The minimum Gasteiger partial charge on any atom is -0.428 e. The van der Waals surface area contributed by atoms with E-state index < -0.39 is 5.82 Å². The highest BCUT2D eigenvalue weighted by atomic mass is 19.1. The van der Waals surface area contributed by atoms with Gasteiger partial charge in [0.05, 0.1) is 12.2 Å². The van der Waals surface area contributed by atoms with Gasteiger partial charge in [0.15, 0.2) is 5.82 Å². The molecule has 1 atom stereocenters. The van der Waals surface area contributed by atoms with E-state index in [9.17, 15) is 9.90 Å². The topological polar surface area (TPSA) is 100 Å². The molecule has 0 bridgehead atoms. The molecule has 8 nitrogen and oxygen atoms in total. The van der Waals surface area contributed by atoms with E-state index in [0.29, 0.717) is 41.2 Å². The van der Waals surface area contributed by atoms with E-state index >= 15 is 4.39 Å². The average molecular weight is 452 g/mol. The maximum absolute atomic E-state index is 15.3. The second-order valence-corrected chi connectivity index (χ2v) is 8.69. The van der Waals surface area contributed by atoms with Crippen LogP contribution in [0, 0.1) is 5.82 Å². The number of carbonyl (C=O) groups is 1. The number of aromatic nitrogens is 3. The van der Waals surface area contributed by atoms with Gasteiger partial charge < -0.3 is 15.2 Å². The Morgan fingerprint density at radius 3 is 2.91 bits per heavy atom. The van der Waals surface area contributed by atoms with E-state index in [4.69, 9.17) is 4.74 Å². The summed E-state index contributed by atoms with van der Waals surface area (Å²) in [6.45, 7) is 2.83. The van der Waals surface area contributed by atoms with Gasteiger partial charge in [0, 0.05) is 42.3 Å². The SMILES string of the molecule is O=COc1cc(C2CC2)cc(F)c1-c1nnc(N[C@@H]2CCCN(CCO)C2)c2cnccc12. The molecule has 1 saturated heterocycles. The number of pyridine rings is 1. The third-order valence-electron chi connectivity index (χ3n) is 6.38. The molecule has 0 spiro atoms. The number of aliphatic hydroxyl groups is 1. The monoisotopic (exact) mass is 451 g/mol. The first-order valence-electron chi connectivity index (χ1n) is 11.3. The molecule has 2 N–H and O–H groups in total. The third-order valence-corrected chi connectivity index (χ3v) is 6.38. The van der Waals surface area contributed by atoms with Crippen molar-refractivity contribution in [2.75, 3.05) is 31.6 Å². The van der Waals surface area contributed by atoms with Gasteiger partial charge in [0.2, 0.25) is 0 Å². The lowest BCUT2D eigenvalue weighted by molar-refractivity contribution is -0.120. The highest BCUT2D eigenvalue weighted by Gasteiger charge is 2.28. The summed E-state index contributed by atoms with van der Waals surface area (Å²) < 4.78 is 20.5. The number of hydrogen-bond acceptors (Lipinski definition) is 8. The number of anilines is 1. The van der Waals surface area contributed by atoms with Crippen molar-refractivity contribution in [3.05, 3.63) is 42.0 Å². The van der Waals surface area contributed by atoms with Gasteiger partial charge in [-0.25, -0.2) is 4.39 Å². The summed E-state index contributed by atoms with van der Waals surface area (Å²) in [5.74, 6) is 0.538. The molecule has 1 aliphatic heterocycles. The van der Waals surface area contributed by atoms with Crippen LogP contribution in [-0.4, -0.2) is 63.9 Å². The van der Waals surface area contributed by atoms with Gasteiger partial charge in [-0.2, -0.15) is 0 Å². The van der Waals surface area contributed by atoms with Crippen molar-refractivity contribution < 1.29 is 19.0 Å². The number of ether oxygens (including phenoxy) is 1. The van der Waals surface area contributed by atoms with E-state index in [0.717, 1.165) is 44.3 Å². The Kier molecular flexibility index (Phi) is 6.15. The summed E-state index contributed by atoms with van der Waals surface area (Å²) in [7, 11) is 0. The number of β-amino-alcohol motifs (C(OH)–C–C–N with tert-alkyl or cyclic N) is 1. The lowest BCUT2D eigenvalue weighted by atomic mass is 10.0. The van der Waals surface area contributed by atoms with Crippen LogP contribution in [0.25, 0.3) is 22.0 Å². The molecule has 33 heavy (non-hydrogen) atoms. The lowest BCUT2D eigenvalue weighted by Crippen LogP contribution is -2.43. The number of nitrogens with one attached hydrogen (secondary N) is 1. The van der Waals surface area contributed by atoms with Gasteiger partial charge >= 0.3 is 0 Å². The maximum atomic E-state index is 15.3. The number of benzene rings is 1. The largest absolute Gasteiger partial charge is 0.428 e. The molecule has 1 aliphatic carbocycles. The van der Waals surface area contributed by atoms with Gasteiger partial charge in [-0.15, -0.1) is 10.2 Å². The average Bonchev–Trinajstić information content (AvgIpc) is 3.66. The van der Waals surface area contributed by atoms with Crippen molar-refractivity contribution in [3.8, 4) is 17.0 Å². The van der Waals surface area contributed by atoms with Crippen LogP contribution in [0.3, 0.4) is 0 Å². The molecule has 0 amide bonds. The summed E-state index contributed by atoms with van der Waals surface area (Å²) in [5, 5.41) is 22.8. The number of hydrogen-bond donors (Lipinski definition) is 2. The minimum absolute atomic E-state index is 0.119. The number of halogens is 1. The molecular weight excluding hydrogens is 425 g/mol. The number of fused-ring (bicyclic) bond motifs is 1. The molecule has 3 heterocycles. The fourth-order valence-corrected chi connectivity index (χ4v) is 4.63. The fraction of sp³-hybridized carbons (Fsp3) is 0.417. The summed E-state index contributed by atoms with van der Waals surface area (Å²) in [4.78, 5) is 17.6. The van der Waals surface area contributed by atoms with Crippen molar-refractivity contribution in [3.63, 3.8) is 0 Å². The second kappa shape index (κ2) is 9.36. The van der Waals surface area contributed by atoms with E-state index in [1.54, 1.807) is 24.5 Å². The predicted molar refractivity (Wildman–Crippen MR) is 122 cm³/mol. The van der Waals surface area contributed by atoms with Crippen molar-refractivity contribution in [2.24, 2.45) is 0 Å². The molecule has 2 aromatic heterocycles. The zero-order valence-corrected chi connectivity index (χ0v) is 18.2. The van der Waals surface area contributed by atoms with Crippen molar-refractivity contribution in [1.29, 1.82) is 0 Å². The Balaban J connectivity index is 1.53. The summed E-state index contributed by atoms with van der Waals surface area (Å²) in [6.07, 6.45) is 7.31. The molecule has 2 aliphatic rings. The van der Waals surface area contributed by atoms with Gasteiger partial charge in [0.25, 0.3) is 6.47 Å². The van der Waals surface area contributed by atoms with Crippen LogP contribution in [0.2, 0.25) is 0 Å². The van der Waals surface area contributed by atoms with Crippen LogP contribution in [0.5, 0.6) is 5.75 Å². The molecule has 3 aromatic rings. The Morgan fingerprint density at radius 2 is 2.12 bits per heavy atom. The number of rotatable bonds is 8. The zero-order valence-electron chi connectivity index (χ0n) is 18.2. The smallest absolute Gasteiger partial charge is 0.298 e. The molecule has 172 valence electrons. The van der Waals surface area contributed by atoms with Gasteiger partial charge in [-0.1, -0.05) is 0 Å². The molecule has 2 fully saturated rings. The summed E-state index contributed by atoms with van der Waals surface area (Å²) in [6, 6.07) is 5.15. The first kappa shape index (κ1) is 21.7. The van der Waals surface area contributed by atoms with Crippen molar-refractivity contribution in [1.82, 2.24) is 20.1 Å². The Labute approximate surface area is 190 Å². The highest BCUT2D eigenvalue weighted by molar-refractivity contribution is 6.00. The number of carbonyl (C=O) groups excluding carboxylic acids is 1. The van der Waals surface area contributed by atoms with Crippen LogP contribution in [-0.2, 0) is 4.79 Å². The van der Waals surface area contributed by atoms with E-state index in [1.807, 2.05) is 0 Å². The van der Waals surface area contributed by atoms with Gasteiger partial charge in [0.1, 0.15) is 17.3 Å². The van der Waals surface area contributed by atoms with Crippen LogP contribution < -0.4 is 10.1 Å². The van der Waals surface area contributed by atoms with E-state index in [-0.39, 0.29) is 24.0 Å². The number of nitrogens with zero attached hydrogens (tertiary/aromatic N) is 4. The van der Waals surface area contributed by atoms with Crippen LogP contribution >= 0.6 is 0 Å². The van der Waals surface area contributed by atoms with Gasteiger partial charge in [-0.05, 0) is 61.9 Å². The maximum Gasteiger partial charge on any atom is 0.298 e. The molecule has 0 unspecified atom stereocenters. The minimum atomic E-state index is -0.490. The summed E-state index contributed by atoms with van der Waals surface area (Å²) >= 11 is 0. The van der Waals surface area contributed by atoms with Crippen molar-refractivity contribution in [2.45, 2.75) is 37.6 Å². The number of likely N-dealkylation sites (tertiary alicyclic amines) is 1. The standard InChI is InChI=1S/C24H26FN5O3/c25-20-10-16(15-3-4-15)11-21(33-14-32)22(20)23-18-5-6-26-12-19(18)24(29-28-23)27-17-2-1-7-30(13-17)8-9-31/h5-6,10-12,14-15,17,31H,1-4,7-9,13H2,(H,27,29)/t17-/m1/s1. The molecular formula is C24H26FN5O3. The van der Waals surface area contributed by atoms with Crippen LogP contribution in [0.4, 0.5) is 10.2 Å². The fourth-order valence-electron chi connectivity index (χ4n) is 4.63. The number of aliphatic hydroxyl groups excluding tert-OH is 1. The Bertz CT molecular complexity index is 1170. The first-order valence-corrected chi connectivity index (χ1v) is 11.3. The molecule has 1 aromatic carbocycles. The summed E-state index contributed by atoms with van der Waals surface area (Å²) in [5.41, 5.74) is 1.25. The second-order valence-electron chi connectivity index (χ2n) is 8.69. The van der Waals surface area contributed by atoms with Crippen LogP contribution in [0.1, 0.15) is 37.2 Å². The van der Waals surface area contributed by atoms with E-state index in [1.165, 1.54) is 6.07 Å². The Hall–Kier alpha value is -3.17. The van der Waals surface area contributed by atoms with Crippen LogP contribution in [0.15, 0.2) is 30.6 Å². The van der Waals surface area contributed by atoms with Gasteiger partial charge in [-0.3, -0.25) is 14.7 Å². The molecule has 9 heteroatoms. The van der Waals surface area contributed by atoms with E-state index in [2.05, 4.69) is 25.4 Å². The Morgan fingerprint density at radius 1 is 1.24 bits per heavy atom. The highest BCUT2D eigenvalue weighted by Crippen LogP contribution is 2.45. The predicted octanol–water partition coefficient (Wildman–Crippen LogP) is 3.11. The molecule has 5 rings (SSSR count). The first-order chi connectivity index (χ1) is 16.2. The number of piperidine rings is 1. The molecule has 1 saturated carbocycles. The lowest BCUT2D eigenvalue weighted by Gasteiger charge is -2.33. The quantitative estimate of drug-likeness (QED) is 0.504. The third kappa shape index (κ3) is 4.51.